The first-order valence-electron chi connectivity index (χ1n) is 10.7. The van der Waals surface area contributed by atoms with E-state index < -0.39 is 0 Å². The second kappa shape index (κ2) is 8.95. The van der Waals surface area contributed by atoms with Gasteiger partial charge in [0.15, 0.2) is 5.82 Å². The zero-order valence-electron chi connectivity index (χ0n) is 18.2. The van der Waals surface area contributed by atoms with Crippen LogP contribution in [0.25, 0.3) is 5.69 Å². The molecule has 0 spiro atoms. The Morgan fingerprint density at radius 3 is 2.84 bits per heavy atom. The van der Waals surface area contributed by atoms with Gasteiger partial charge in [-0.25, -0.2) is 9.37 Å². The Kier molecular flexibility index (Phi) is 5.88. The highest BCUT2D eigenvalue weighted by atomic mass is 32.2. The smallest absolute Gasteiger partial charge is 0.232 e. The fourth-order valence-corrected chi connectivity index (χ4v) is 4.72. The van der Waals surface area contributed by atoms with Crippen molar-refractivity contribution < 1.29 is 9.13 Å². The van der Waals surface area contributed by atoms with Crippen molar-refractivity contribution in [3.63, 3.8) is 0 Å². The lowest BCUT2D eigenvalue weighted by Gasteiger charge is -2.48. The van der Waals surface area contributed by atoms with Crippen LogP contribution in [0.3, 0.4) is 0 Å². The van der Waals surface area contributed by atoms with Crippen LogP contribution in [-0.4, -0.2) is 58.8 Å². The second-order valence-corrected chi connectivity index (χ2v) is 8.66. The number of fused-ring (bicyclic) bond motifs is 1. The van der Waals surface area contributed by atoms with E-state index in [1.165, 1.54) is 0 Å². The van der Waals surface area contributed by atoms with E-state index >= 15 is 0 Å². The monoisotopic (exact) mass is 455 g/mol. The summed E-state index contributed by atoms with van der Waals surface area (Å²) in [4.78, 5) is 9.01. The van der Waals surface area contributed by atoms with E-state index in [1.54, 1.807) is 37.4 Å². The maximum Gasteiger partial charge on any atom is 0.232 e. The molecule has 0 radical (unpaired) electrons. The number of hydrogen-bond acceptors (Lipinski definition) is 8. The number of aromatic nitrogens is 4. The highest BCUT2D eigenvalue weighted by Gasteiger charge is 2.37. The molecule has 32 heavy (non-hydrogen) atoms. The average molecular weight is 456 g/mol. The molecule has 168 valence electrons. The van der Waals surface area contributed by atoms with Crippen LogP contribution in [-0.2, 0) is 13.0 Å². The van der Waals surface area contributed by atoms with Gasteiger partial charge in [-0.15, -0.1) is 10.2 Å². The van der Waals surface area contributed by atoms with Gasteiger partial charge in [0.2, 0.25) is 11.8 Å². The van der Waals surface area contributed by atoms with Crippen LogP contribution in [0.15, 0.2) is 36.5 Å². The van der Waals surface area contributed by atoms with Crippen LogP contribution in [0.1, 0.15) is 17.8 Å². The minimum absolute atomic E-state index is 0.159. The lowest BCUT2D eigenvalue weighted by Crippen LogP contribution is -2.61. The van der Waals surface area contributed by atoms with Crippen LogP contribution in [0, 0.1) is 5.82 Å². The fourth-order valence-electron chi connectivity index (χ4n) is 4.44. The Balaban J connectivity index is 1.38. The maximum absolute atomic E-state index is 13.7. The molecule has 0 unspecified atom stereocenters. The summed E-state index contributed by atoms with van der Waals surface area (Å²) < 4.78 is 24.2. The number of hydrogen-bond donors (Lipinski definition) is 1. The van der Waals surface area contributed by atoms with E-state index in [2.05, 4.69) is 29.7 Å². The number of nitrogens with zero attached hydrogens (tertiary/aromatic N) is 6. The van der Waals surface area contributed by atoms with E-state index in [9.17, 15) is 4.39 Å². The van der Waals surface area contributed by atoms with E-state index in [-0.39, 0.29) is 5.82 Å². The van der Waals surface area contributed by atoms with E-state index in [0.29, 0.717) is 18.5 Å². The van der Waals surface area contributed by atoms with Gasteiger partial charge in [-0.3, -0.25) is 9.29 Å². The van der Waals surface area contributed by atoms with Crippen LogP contribution < -0.4 is 19.3 Å². The number of halogens is 1. The molecule has 1 saturated heterocycles. The predicted octanol–water partition coefficient (Wildman–Crippen LogP) is 2.82. The molecule has 2 aliphatic heterocycles. The first-order chi connectivity index (χ1) is 15.7. The zero-order chi connectivity index (χ0) is 22.1. The van der Waals surface area contributed by atoms with Crippen molar-refractivity contribution in [3.05, 3.63) is 53.7 Å². The Morgan fingerprint density at radius 1 is 1.22 bits per heavy atom. The first kappa shape index (κ1) is 21.0. The summed E-state index contributed by atoms with van der Waals surface area (Å²) in [6.07, 6.45) is 5.75. The molecule has 2 aromatic heterocycles. The van der Waals surface area contributed by atoms with Gasteiger partial charge in [-0.05, 0) is 48.9 Å². The number of rotatable bonds is 7. The molecule has 2 aliphatic rings. The number of nitrogens with one attached hydrogen (secondary N) is 1. The highest BCUT2D eigenvalue weighted by molar-refractivity contribution is 7.96. The van der Waals surface area contributed by atoms with E-state index in [0.717, 1.165) is 61.2 Å². The zero-order valence-corrected chi connectivity index (χ0v) is 19.0. The molecule has 1 N–H and O–H groups in total. The van der Waals surface area contributed by atoms with Crippen molar-refractivity contribution >= 4 is 23.6 Å². The van der Waals surface area contributed by atoms with E-state index in [4.69, 9.17) is 4.74 Å². The summed E-state index contributed by atoms with van der Waals surface area (Å²) in [7, 11) is 1.60. The molecule has 0 amide bonds. The normalized spacial score (nSPS) is 16.1. The van der Waals surface area contributed by atoms with Crippen molar-refractivity contribution in [2.45, 2.75) is 25.4 Å². The van der Waals surface area contributed by atoms with Crippen molar-refractivity contribution in [1.29, 1.82) is 0 Å². The molecule has 0 bridgehead atoms. The lowest BCUT2D eigenvalue weighted by molar-refractivity contribution is 0.397. The Morgan fingerprint density at radius 2 is 2.09 bits per heavy atom. The van der Waals surface area contributed by atoms with Crippen molar-refractivity contribution in [2.24, 2.45) is 0 Å². The van der Waals surface area contributed by atoms with Crippen molar-refractivity contribution in [2.75, 3.05) is 42.8 Å². The van der Waals surface area contributed by atoms with Gasteiger partial charge >= 0.3 is 0 Å². The van der Waals surface area contributed by atoms with Crippen LogP contribution >= 0.6 is 11.9 Å². The molecule has 4 heterocycles. The summed E-state index contributed by atoms with van der Waals surface area (Å²) in [6.45, 7) is 3.26. The summed E-state index contributed by atoms with van der Waals surface area (Å²) in [5, 5.41) is 8.95. The lowest BCUT2D eigenvalue weighted by atomic mass is 9.97. The molecule has 5 rings (SSSR count). The minimum Gasteiger partial charge on any atom is -0.481 e. The quantitative estimate of drug-likeness (QED) is 0.546. The van der Waals surface area contributed by atoms with Gasteiger partial charge in [0.1, 0.15) is 5.82 Å². The molecule has 3 aromatic rings. The Bertz CT molecular complexity index is 1080. The van der Waals surface area contributed by atoms with Crippen LogP contribution in [0.5, 0.6) is 5.88 Å². The molecule has 8 nitrogen and oxygen atoms in total. The SMILES string of the molecule is COc1ccc(-n2c(CNSC)nnc2N2CC(N3CCCc4cc(F)ccc43)C2)cn1. The number of aryl methyl sites for hydroxylation is 1. The van der Waals surface area contributed by atoms with Gasteiger partial charge < -0.3 is 14.5 Å². The van der Waals surface area contributed by atoms with Crippen molar-refractivity contribution in [3.8, 4) is 11.6 Å². The standard InChI is InChI=1S/C22H26FN7OS/c1-31-21-8-6-17(11-24-21)30-20(12-25-32-2)26-27-22(30)28-13-18(14-28)29-9-3-4-15-10-16(23)5-7-19(15)29/h5-8,10-11,18,25H,3-4,9,12-14H2,1-2H3. The largest absolute Gasteiger partial charge is 0.481 e. The first-order valence-corrected chi connectivity index (χ1v) is 11.9. The molecular formula is C22H26FN7OS. The third-order valence-corrected chi connectivity index (χ3v) is 6.49. The summed E-state index contributed by atoms with van der Waals surface area (Å²) in [5.41, 5.74) is 3.16. The number of ether oxygens (including phenoxy) is 1. The number of benzene rings is 1. The van der Waals surface area contributed by atoms with Gasteiger partial charge in [-0.1, -0.05) is 11.9 Å². The molecule has 0 atom stereocenters. The van der Waals surface area contributed by atoms with Crippen LogP contribution in [0.2, 0.25) is 0 Å². The van der Waals surface area contributed by atoms with Gasteiger partial charge in [0, 0.05) is 31.4 Å². The Labute approximate surface area is 190 Å². The molecular weight excluding hydrogens is 429 g/mol. The molecule has 10 heteroatoms. The average Bonchev–Trinajstić information content (AvgIpc) is 3.20. The van der Waals surface area contributed by atoms with Gasteiger partial charge in [0.05, 0.1) is 31.6 Å². The van der Waals surface area contributed by atoms with Gasteiger partial charge in [0.25, 0.3) is 0 Å². The number of methoxy groups -OCH3 is 1. The van der Waals surface area contributed by atoms with Crippen molar-refractivity contribution in [1.82, 2.24) is 24.5 Å². The minimum atomic E-state index is -0.159. The maximum atomic E-state index is 13.7. The van der Waals surface area contributed by atoms with Crippen LogP contribution in [0.4, 0.5) is 16.0 Å². The Hall–Kier alpha value is -2.85. The molecule has 0 saturated carbocycles. The van der Waals surface area contributed by atoms with E-state index in [1.807, 2.05) is 29.0 Å². The molecule has 1 aromatic carbocycles. The molecule has 0 aliphatic carbocycles. The second-order valence-electron chi connectivity index (χ2n) is 7.96. The third kappa shape index (κ3) is 3.88. The topological polar surface area (TPSA) is 71.3 Å². The molecule has 1 fully saturated rings. The number of pyridine rings is 1. The number of anilines is 2. The predicted molar refractivity (Wildman–Crippen MR) is 124 cm³/mol. The summed E-state index contributed by atoms with van der Waals surface area (Å²) in [6, 6.07) is 9.33. The fraction of sp³-hybridized carbons (Fsp3) is 0.409. The van der Waals surface area contributed by atoms with Gasteiger partial charge in [-0.2, -0.15) is 0 Å². The summed E-state index contributed by atoms with van der Waals surface area (Å²) in [5.74, 6) is 2.04. The highest BCUT2D eigenvalue weighted by Crippen LogP contribution is 2.34. The summed E-state index contributed by atoms with van der Waals surface area (Å²) >= 11 is 1.54. The third-order valence-electron chi connectivity index (χ3n) is 6.06.